The number of aromatic nitrogens is 2. The molecule has 0 aliphatic heterocycles. The maximum Gasteiger partial charge on any atom is 0.196 e. The Balaban J connectivity index is 1.99. The highest BCUT2D eigenvalue weighted by molar-refractivity contribution is 6.08. The summed E-state index contributed by atoms with van der Waals surface area (Å²) >= 11 is 0. The van der Waals surface area contributed by atoms with Gasteiger partial charge in [-0.3, -0.25) is 9.89 Å². The van der Waals surface area contributed by atoms with E-state index < -0.39 is 0 Å². The van der Waals surface area contributed by atoms with Crippen LogP contribution in [0.25, 0.3) is 0 Å². The molecule has 0 atom stereocenters. The molecule has 16 heavy (non-hydrogen) atoms. The van der Waals surface area contributed by atoms with Crippen molar-refractivity contribution in [3.63, 3.8) is 0 Å². The number of carbonyl (C=O) groups excluding carboxylic acids is 1. The molecule has 3 heteroatoms. The van der Waals surface area contributed by atoms with Crippen molar-refractivity contribution in [1.29, 1.82) is 0 Å². The first-order chi connectivity index (χ1) is 7.84. The number of benzene rings is 1. The first-order valence-electron chi connectivity index (χ1n) is 5.50. The van der Waals surface area contributed by atoms with Crippen molar-refractivity contribution in [3.8, 4) is 0 Å². The molecule has 0 amide bonds. The number of fused-ring (bicyclic) bond motifs is 1. The summed E-state index contributed by atoms with van der Waals surface area (Å²) in [7, 11) is 0. The highest BCUT2D eigenvalue weighted by Crippen LogP contribution is 2.23. The maximum absolute atomic E-state index is 12.0. The minimum atomic E-state index is 0.0449. The van der Waals surface area contributed by atoms with Gasteiger partial charge in [0.1, 0.15) is 0 Å². The number of aryl methyl sites for hydroxylation is 2. The van der Waals surface area contributed by atoms with Crippen LogP contribution in [0, 0.1) is 0 Å². The molecule has 80 valence electrons. The predicted molar refractivity (Wildman–Crippen MR) is 60.5 cm³/mol. The third kappa shape index (κ3) is 1.45. The van der Waals surface area contributed by atoms with Crippen LogP contribution in [0.2, 0.25) is 0 Å². The average Bonchev–Trinajstić information content (AvgIpc) is 2.98. The van der Waals surface area contributed by atoms with Crippen LogP contribution in [-0.4, -0.2) is 16.0 Å². The number of nitrogens with zero attached hydrogens (tertiary/aromatic N) is 1. The first-order valence-corrected chi connectivity index (χ1v) is 5.50. The number of rotatable bonds is 2. The summed E-state index contributed by atoms with van der Waals surface area (Å²) < 4.78 is 0. The van der Waals surface area contributed by atoms with E-state index in [0.29, 0.717) is 5.56 Å². The van der Waals surface area contributed by atoms with E-state index in [2.05, 4.69) is 16.3 Å². The monoisotopic (exact) mass is 212 g/mol. The number of H-pyrrole nitrogens is 1. The van der Waals surface area contributed by atoms with Gasteiger partial charge in [0.05, 0.1) is 11.8 Å². The SMILES string of the molecule is O=C(c1cn[nH]c1)c1ccc2c(c1)CCC2. The summed E-state index contributed by atoms with van der Waals surface area (Å²) in [6, 6.07) is 6.02. The lowest BCUT2D eigenvalue weighted by atomic mass is 10.0. The number of hydrogen-bond donors (Lipinski definition) is 1. The largest absolute Gasteiger partial charge is 0.288 e. The van der Waals surface area contributed by atoms with Gasteiger partial charge >= 0.3 is 0 Å². The van der Waals surface area contributed by atoms with Crippen LogP contribution < -0.4 is 0 Å². The van der Waals surface area contributed by atoms with Crippen LogP contribution in [0.5, 0.6) is 0 Å². The third-order valence-electron chi connectivity index (χ3n) is 3.12. The highest BCUT2D eigenvalue weighted by atomic mass is 16.1. The molecular weight excluding hydrogens is 200 g/mol. The lowest BCUT2D eigenvalue weighted by Crippen LogP contribution is -2.00. The van der Waals surface area contributed by atoms with Gasteiger partial charge in [-0.25, -0.2) is 0 Å². The molecule has 0 fully saturated rings. The van der Waals surface area contributed by atoms with Crippen LogP contribution in [0.1, 0.15) is 33.5 Å². The van der Waals surface area contributed by atoms with E-state index in [0.717, 1.165) is 18.4 Å². The Bertz CT molecular complexity index is 529. The molecule has 0 saturated heterocycles. The Morgan fingerprint density at radius 3 is 2.88 bits per heavy atom. The number of ketones is 1. The quantitative estimate of drug-likeness (QED) is 0.775. The summed E-state index contributed by atoms with van der Waals surface area (Å²) in [5.74, 6) is 0.0449. The van der Waals surface area contributed by atoms with Gasteiger partial charge in [0.15, 0.2) is 5.78 Å². The number of carbonyl (C=O) groups is 1. The molecule has 0 unspecified atom stereocenters. The zero-order chi connectivity index (χ0) is 11.0. The van der Waals surface area contributed by atoms with Gasteiger partial charge in [-0.05, 0) is 36.5 Å². The minimum Gasteiger partial charge on any atom is -0.288 e. The van der Waals surface area contributed by atoms with Crippen molar-refractivity contribution in [3.05, 3.63) is 52.8 Å². The molecule has 1 heterocycles. The van der Waals surface area contributed by atoms with Crippen molar-refractivity contribution in [1.82, 2.24) is 10.2 Å². The number of hydrogen-bond acceptors (Lipinski definition) is 2. The summed E-state index contributed by atoms with van der Waals surface area (Å²) in [5, 5.41) is 6.46. The zero-order valence-corrected chi connectivity index (χ0v) is 8.86. The van der Waals surface area contributed by atoms with Crippen LogP contribution in [0.15, 0.2) is 30.6 Å². The molecule has 1 aromatic heterocycles. The maximum atomic E-state index is 12.0. The molecule has 3 nitrogen and oxygen atoms in total. The molecule has 0 radical (unpaired) electrons. The second-order valence-corrected chi connectivity index (χ2v) is 4.15. The fourth-order valence-corrected chi connectivity index (χ4v) is 2.25. The Hall–Kier alpha value is -1.90. The molecule has 0 spiro atoms. The molecule has 1 aliphatic carbocycles. The van der Waals surface area contributed by atoms with E-state index >= 15 is 0 Å². The Morgan fingerprint density at radius 1 is 1.19 bits per heavy atom. The first kappa shape index (κ1) is 9.33. The fourth-order valence-electron chi connectivity index (χ4n) is 2.25. The van der Waals surface area contributed by atoms with Crippen LogP contribution in [0.4, 0.5) is 0 Å². The smallest absolute Gasteiger partial charge is 0.196 e. The molecule has 0 saturated carbocycles. The molecule has 1 aromatic carbocycles. The van der Waals surface area contributed by atoms with Crippen LogP contribution >= 0.6 is 0 Å². The van der Waals surface area contributed by atoms with Crippen molar-refractivity contribution in [2.45, 2.75) is 19.3 Å². The van der Waals surface area contributed by atoms with E-state index in [-0.39, 0.29) is 5.78 Å². The Kier molecular flexibility index (Phi) is 2.10. The van der Waals surface area contributed by atoms with E-state index in [1.165, 1.54) is 17.5 Å². The molecule has 3 rings (SSSR count). The Morgan fingerprint density at radius 2 is 2.06 bits per heavy atom. The highest BCUT2D eigenvalue weighted by Gasteiger charge is 2.15. The summed E-state index contributed by atoms with van der Waals surface area (Å²) in [6.07, 6.45) is 6.65. The minimum absolute atomic E-state index is 0.0449. The Labute approximate surface area is 93.5 Å². The molecule has 1 aliphatic rings. The lowest BCUT2D eigenvalue weighted by molar-refractivity contribution is 0.103. The molecule has 1 N–H and O–H groups in total. The molecule has 0 bridgehead atoms. The lowest BCUT2D eigenvalue weighted by Gasteiger charge is -2.02. The molecule has 2 aromatic rings. The van der Waals surface area contributed by atoms with Crippen molar-refractivity contribution >= 4 is 5.78 Å². The van der Waals surface area contributed by atoms with Gasteiger partial charge < -0.3 is 0 Å². The van der Waals surface area contributed by atoms with Crippen LogP contribution in [0.3, 0.4) is 0 Å². The fraction of sp³-hybridized carbons (Fsp3) is 0.231. The van der Waals surface area contributed by atoms with Crippen molar-refractivity contribution < 1.29 is 4.79 Å². The number of nitrogens with one attached hydrogen (secondary N) is 1. The van der Waals surface area contributed by atoms with E-state index in [1.54, 1.807) is 12.4 Å². The van der Waals surface area contributed by atoms with Crippen LogP contribution in [-0.2, 0) is 12.8 Å². The van der Waals surface area contributed by atoms with Gasteiger partial charge in [0, 0.05) is 11.8 Å². The predicted octanol–water partition coefficient (Wildman–Crippen LogP) is 2.13. The summed E-state index contributed by atoms with van der Waals surface area (Å²) in [6.45, 7) is 0. The second-order valence-electron chi connectivity index (χ2n) is 4.15. The van der Waals surface area contributed by atoms with Gasteiger partial charge in [-0.1, -0.05) is 12.1 Å². The molecular formula is C13H12N2O. The standard InChI is InChI=1S/C13H12N2O/c16-13(12-7-14-15-8-12)11-5-4-9-2-1-3-10(9)6-11/h4-8H,1-3H2,(H,14,15). The van der Waals surface area contributed by atoms with Crippen molar-refractivity contribution in [2.75, 3.05) is 0 Å². The van der Waals surface area contributed by atoms with Crippen molar-refractivity contribution in [2.24, 2.45) is 0 Å². The second kappa shape index (κ2) is 3.59. The van der Waals surface area contributed by atoms with E-state index in [9.17, 15) is 4.79 Å². The van der Waals surface area contributed by atoms with Gasteiger partial charge in [-0.2, -0.15) is 5.10 Å². The van der Waals surface area contributed by atoms with E-state index in [4.69, 9.17) is 0 Å². The summed E-state index contributed by atoms with van der Waals surface area (Å²) in [5.41, 5.74) is 4.11. The third-order valence-corrected chi connectivity index (χ3v) is 3.12. The summed E-state index contributed by atoms with van der Waals surface area (Å²) in [4.78, 5) is 12.0. The average molecular weight is 212 g/mol. The number of aromatic amines is 1. The van der Waals surface area contributed by atoms with E-state index in [1.807, 2.05) is 12.1 Å². The topological polar surface area (TPSA) is 45.8 Å². The zero-order valence-electron chi connectivity index (χ0n) is 8.86. The normalized spacial score (nSPS) is 13.8. The van der Waals surface area contributed by atoms with Gasteiger partial charge in [0.2, 0.25) is 0 Å². The van der Waals surface area contributed by atoms with Gasteiger partial charge in [0.25, 0.3) is 0 Å². The van der Waals surface area contributed by atoms with Gasteiger partial charge in [-0.15, -0.1) is 0 Å².